The predicted octanol–water partition coefficient (Wildman–Crippen LogP) is 2.45. The van der Waals surface area contributed by atoms with Crippen LogP contribution in [0.4, 0.5) is 4.39 Å². The number of benzene rings is 1. The third kappa shape index (κ3) is 2.12. The summed E-state index contributed by atoms with van der Waals surface area (Å²) >= 11 is 1.85. The van der Waals surface area contributed by atoms with Crippen molar-refractivity contribution in [1.29, 1.82) is 0 Å². The molecule has 1 rings (SSSR count). The van der Waals surface area contributed by atoms with Crippen molar-refractivity contribution in [2.24, 2.45) is 0 Å². The molecule has 1 aromatic rings. The number of carbonyl (C=O) groups is 2. The highest BCUT2D eigenvalue weighted by atomic mass is 127. The van der Waals surface area contributed by atoms with E-state index in [1.54, 1.807) is 0 Å². The van der Waals surface area contributed by atoms with Crippen LogP contribution in [0.15, 0.2) is 12.1 Å². The largest absolute Gasteiger partial charge is 0.298 e. The summed E-state index contributed by atoms with van der Waals surface area (Å²) in [7, 11) is 0. The zero-order valence-electron chi connectivity index (χ0n) is 6.80. The summed E-state index contributed by atoms with van der Waals surface area (Å²) in [6.07, 6.45) is 0.539. The highest BCUT2D eigenvalue weighted by Gasteiger charge is 2.11. The average Bonchev–Trinajstić information content (AvgIpc) is 2.08. The van der Waals surface area contributed by atoms with Gasteiger partial charge >= 0.3 is 0 Å². The van der Waals surface area contributed by atoms with Gasteiger partial charge in [-0.3, -0.25) is 9.59 Å². The third-order valence-electron chi connectivity index (χ3n) is 1.57. The Balaban J connectivity index is 3.44. The minimum absolute atomic E-state index is 0.214. The van der Waals surface area contributed by atoms with Gasteiger partial charge in [-0.05, 0) is 41.6 Å². The molecule has 13 heavy (non-hydrogen) atoms. The fraction of sp³-hybridized carbons (Fsp3) is 0.111. The first-order valence-electron chi connectivity index (χ1n) is 3.51. The SMILES string of the molecule is CC(=O)c1cc(F)cc(C=O)c1I. The molecule has 0 spiro atoms. The van der Waals surface area contributed by atoms with Gasteiger partial charge in [0.1, 0.15) is 5.82 Å². The van der Waals surface area contributed by atoms with Crippen LogP contribution in [0.5, 0.6) is 0 Å². The van der Waals surface area contributed by atoms with Gasteiger partial charge in [0, 0.05) is 14.7 Å². The van der Waals surface area contributed by atoms with E-state index in [1.807, 2.05) is 22.6 Å². The number of Topliss-reactive ketones (excluding diaryl/α,β-unsaturated/α-hetero) is 1. The zero-order chi connectivity index (χ0) is 10.0. The number of rotatable bonds is 2. The third-order valence-corrected chi connectivity index (χ3v) is 2.78. The van der Waals surface area contributed by atoms with Crippen molar-refractivity contribution in [3.05, 3.63) is 32.6 Å². The van der Waals surface area contributed by atoms with Crippen LogP contribution in [0.3, 0.4) is 0 Å². The van der Waals surface area contributed by atoms with Gasteiger partial charge in [-0.2, -0.15) is 0 Å². The Morgan fingerprint density at radius 2 is 2.15 bits per heavy atom. The highest BCUT2D eigenvalue weighted by molar-refractivity contribution is 14.1. The van der Waals surface area contributed by atoms with Crippen molar-refractivity contribution in [1.82, 2.24) is 0 Å². The van der Waals surface area contributed by atoms with Gasteiger partial charge in [0.2, 0.25) is 0 Å². The highest BCUT2D eigenvalue weighted by Crippen LogP contribution is 2.18. The normalized spacial score (nSPS) is 9.77. The molecule has 0 radical (unpaired) electrons. The molecule has 0 unspecified atom stereocenters. The van der Waals surface area contributed by atoms with Crippen LogP contribution in [-0.4, -0.2) is 12.1 Å². The van der Waals surface area contributed by atoms with Gasteiger partial charge in [-0.1, -0.05) is 0 Å². The number of aldehydes is 1. The Labute approximate surface area is 88.3 Å². The first-order valence-corrected chi connectivity index (χ1v) is 4.59. The summed E-state index contributed by atoms with van der Waals surface area (Å²) in [4.78, 5) is 21.5. The van der Waals surface area contributed by atoms with Gasteiger partial charge in [0.15, 0.2) is 12.1 Å². The Hall–Kier alpha value is -0.780. The van der Waals surface area contributed by atoms with E-state index in [2.05, 4.69) is 0 Å². The van der Waals surface area contributed by atoms with Gasteiger partial charge in [0.25, 0.3) is 0 Å². The standard InChI is InChI=1S/C9H6FIO2/c1-5(13)8-3-7(10)2-6(4-12)9(8)11/h2-4H,1H3. The summed E-state index contributed by atoms with van der Waals surface area (Å²) in [5.41, 5.74) is 0.466. The van der Waals surface area contributed by atoms with E-state index >= 15 is 0 Å². The molecule has 0 aliphatic heterocycles. The molecule has 1 aromatic carbocycles. The molecule has 68 valence electrons. The van der Waals surface area contributed by atoms with Gasteiger partial charge < -0.3 is 0 Å². The first kappa shape index (κ1) is 10.3. The van der Waals surface area contributed by atoms with E-state index in [9.17, 15) is 14.0 Å². The maximum absolute atomic E-state index is 12.8. The molecular weight excluding hydrogens is 286 g/mol. The monoisotopic (exact) mass is 292 g/mol. The van der Waals surface area contributed by atoms with E-state index in [1.165, 1.54) is 6.92 Å². The lowest BCUT2D eigenvalue weighted by molar-refractivity contribution is 0.101. The minimum atomic E-state index is -0.562. The van der Waals surface area contributed by atoms with E-state index in [4.69, 9.17) is 0 Å². The molecule has 0 heterocycles. The predicted molar refractivity (Wildman–Crippen MR) is 54.5 cm³/mol. The summed E-state index contributed by atoms with van der Waals surface area (Å²) in [6, 6.07) is 2.25. The van der Waals surface area contributed by atoms with Crippen molar-refractivity contribution in [3.63, 3.8) is 0 Å². The van der Waals surface area contributed by atoms with Crippen LogP contribution in [0.2, 0.25) is 0 Å². The molecule has 0 amide bonds. The molecule has 0 N–H and O–H groups in total. The van der Waals surface area contributed by atoms with Crippen molar-refractivity contribution < 1.29 is 14.0 Å². The second-order valence-electron chi connectivity index (χ2n) is 2.53. The van der Waals surface area contributed by atoms with Crippen LogP contribution in [-0.2, 0) is 0 Å². The molecule has 0 aromatic heterocycles. The number of hydrogen-bond donors (Lipinski definition) is 0. The summed E-state index contributed by atoms with van der Waals surface area (Å²) in [5, 5.41) is 0. The van der Waals surface area contributed by atoms with Crippen molar-refractivity contribution in [2.45, 2.75) is 6.92 Å². The molecule has 0 saturated carbocycles. The van der Waals surface area contributed by atoms with E-state index in [-0.39, 0.29) is 16.9 Å². The molecule has 0 aliphatic rings. The second-order valence-corrected chi connectivity index (χ2v) is 3.61. The van der Waals surface area contributed by atoms with Crippen molar-refractivity contribution in [3.8, 4) is 0 Å². The second kappa shape index (κ2) is 3.95. The molecule has 0 aliphatic carbocycles. The summed E-state index contributed by atoms with van der Waals surface area (Å²) < 4.78 is 13.3. The lowest BCUT2D eigenvalue weighted by Crippen LogP contribution is -2.01. The number of halogens is 2. The number of carbonyl (C=O) groups excluding carboxylic acids is 2. The topological polar surface area (TPSA) is 34.1 Å². The summed E-state index contributed by atoms with van der Waals surface area (Å²) in [6.45, 7) is 1.34. The molecular formula is C9H6FIO2. The molecule has 4 heteroatoms. The van der Waals surface area contributed by atoms with Gasteiger partial charge in [-0.25, -0.2) is 4.39 Å². The quantitative estimate of drug-likeness (QED) is 0.476. The smallest absolute Gasteiger partial charge is 0.160 e. The van der Waals surface area contributed by atoms with Gasteiger partial charge in [0.05, 0.1) is 0 Å². The molecule has 0 atom stereocenters. The minimum Gasteiger partial charge on any atom is -0.298 e. The van der Waals surface area contributed by atoms with E-state index in [0.29, 0.717) is 9.86 Å². The van der Waals surface area contributed by atoms with Crippen LogP contribution in [0.25, 0.3) is 0 Å². The van der Waals surface area contributed by atoms with Crippen LogP contribution in [0, 0.1) is 9.39 Å². The van der Waals surface area contributed by atoms with Crippen LogP contribution in [0.1, 0.15) is 27.6 Å². The molecule has 2 nitrogen and oxygen atoms in total. The summed E-state index contributed by atoms with van der Waals surface area (Å²) in [5.74, 6) is -0.806. The Morgan fingerprint density at radius 3 is 2.62 bits per heavy atom. The first-order chi connectivity index (χ1) is 6.06. The molecule has 0 fully saturated rings. The fourth-order valence-corrected chi connectivity index (χ4v) is 1.77. The maximum atomic E-state index is 12.8. The lowest BCUT2D eigenvalue weighted by Gasteiger charge is -2.02. The average molecular weight is 292 g/mol. The van der Waals surface area contributed by atoms with Gasteiger partial charge in [-0.15, -0.1) is 0 Å². The molecule has 0 saturated heterocycles. The molecule has 0 bridgehead atoms. The Kier molecular flexibility index (Phi) is 3.13. The van der Waals surface area contributed by atoms with Crippen molar-refractivity contribution in [2.75, 3.05) is 0 Å². The Morgan fingerprint density at radius 1 is 1.54 bits per heavy atom. The van der Waals surface area contributed by atoms with Crippen LogP contribution < -0.4 is 0 Å². The maximum Gasteiger partial charge on any atom is 0.160 e. The van der Waals surface area contributed by atoms with E-state index in [0.717, 1.165) is 12.1 Å². The van der Waals surface area contributed by atoms with Crippen molar-refractivity contribution >= 4 is 34.7 Å². The fourth-order valence-electron chi connectivity index (χ4n) is 0.952. The number of ketones is 1. The lowest BCUT2D eigenvalue weighted by atomic mass is 10.1. The van der Waals surface area contributed by atoms with Crippen LogP contribution >= 0.6 is 22.6 Å². The Bertz CT molecular complexity index is 374. The zero-order valence-corrected chi connectivity index (χ0v) is 8.96. The van der Waals surface area contributed by atoms with E-state index < -0.39 is 5.82 Å². The number of hydrogen-bond acceptors (Lipinski definition) is 2.